The molecule has 0 saturated carbocycles. The third kappa shape index (κ3) is 3.42. The fourth-order valence-electron chi connectivity index (χ4n) is 1.77. The molecule has 0 radical (unpaired) electrons. The van der Waals surface area contributed by atoms with E-state index in [1.54, 1.807) is 30.4 Å². The average molecular weight is 275 g/mol. The summed E-state index contributed by atoms with van der Waals surface area (Å²) in [7, 11) is 0. The predicted octanol–water partition coefficient (Wildman–Crippen LogP) is 2.94. The van der Waals surface area contributed by atoms with Crippen molar-refractivity contribution in [3.05, 3.63) is 51.7 Å². The van der Waals surface area contributed by atoms with Crippen LogP contribution in [0.15, 0.2) is 35.0 Å². The van der Waals surface area contributed by atoms with Crippen LogP contribution >= 0.6 is 11.3 Å². The lowest BCUT2D eigenvalue weighted by Crippen LogP contribution is -2.14. The molecule has 2 aromatic rings. The van der Waals surface area contributed by atoms with E-state index in [1.165, 1.54) is 6.07 Å². The zero-order valence-electron chi connectivity index (χ0n) is 10.3. The van der Waals surface area contributed by atoms with Gasteiger partial charge in [-0.2, -0.15) is 11.3 Å². The second-order valence-corrected chi connectivity index (χ2v) is 4.97. The Bertz CT molecular complexity index is 605. The number of hydrogen-bond acceptors (Lipinski definition) is 3. The quantitative estimate of drug-likeness (QED) is 0.901. The number of carboxylic acid groups (broad SMARTS) is 1. The van der Waals surface area contributed by atoms with Gasteiger partial charge in [0.15, 0.2) is 0 Å². The van der Waals surface area contributed by atoms with Gasteiger partial charge in [0.2, 0.25) is 5.91 Å². The molecule has 5 heteroatoms. The molecular formula is C14H13NO3S. The lowest BCUT2D eigenvalue weighted by atomic mass is 10.1. The maximum absolute atomic E-state index is 11.8. The Kier molecular flexibility index (Phi) is 3.97. The fourth-order valence-corrected chi connectivity index (χ4v) is 2.43. The number of anilines is 1. The van der Waals surface area contributed by atoms with E-state index in [0.717, 1.165) is 5.56 Å². The highest BCUT2D eigenvalue weighted by Crippen LogP contribution is 2.16. The van der Waals surface area contributed by atoms with Crippen LogP contribution in [0.1, 0.15) is 21.5 Å². The normalized spacial score (nSPS) is 10.2. The van der Waals surface area contributed by atoms with Crippen LogP contribution in [0.4, 0.5) is 5.69 Å². The molecule has 19 heavy (non-hydrogen) atoms. The Morgan fingerprint density at radius 1 is 1.32 bits per heavy atom. The summed E-state index contributed by atoms with van der Waals surface area (Å²) in [6.45, 7) is 1.71. The number of carbonyl (C=O) groups excluding carboxylic acids is 1. The topological polar surface area (TPSA) is 66.4 Å². The molecule has 1 aromatic heterocycles. The molecule has 1 aromatic carbocycles. The summed E-state index contributed by atoms with van der Waals surface area (Å²) < 4.78 is 0. The highest BCUT2D eigenvalue weighted by atomic mass is 32.1. The highest BCUT2D eigenvalue weighted by molar-refractivity contribution is 7.08. The summed E-state index contributed by atoms with van der Waals surface area (Å²) >= 11 is 1.55. The highest BCUT2D eigenvalue weighted by Gasteiger charge is 2.09. The van der Waals surface area contributed by atoms with Gasteiger partial charge in [0, 0.05) is 5.69 Å². The van der Waals surface area contributed by atoms with E-state index in [4.69, 9.17) is 5.11 Å². The van der Waals surface area contributed by atoms with Gasteiger partial charge in [0.25, 0.3) is 0 Å². The smallest absolute Gasteiger partial charge is 0.335 e. The van der Waals surface area contributed by atoms with Crippen molar-refractivity contribution in [2.45, 2.75) is 13.3 Å². The molecule has 0 spiro atoms. The zero-order chi connectivity index (χ0) is 13.8. The molecule has 0 saturated heterocycles. The maximum atomic E-state index is 11.8. The minimum absolute atomic E-state index is 0.110. The van der Waals surface area contributed by atoms with Crippen LogP contribution in [0.3, 0.4) is 0 Å². The Morgan fingerprint density at radius 2 is 2.11 bits per heavy atom. The van der Waals surface area contributed by atoms with Crippen molar-refractivity contribution >= 4 is 28.9 Å². The van der Waals surface area contributed by atoms with E-state index in [2.05, 4.69) is 5.32 Å². The molecule has 0 fully saturated rings. The van der Waals surface area contributed by atoms with Gasteiger partial charge in [-0.25, -0.2) is 4.79 Å². The van der Waals surface area contributed by atoms with Crippen molar-refractivity contribution in [2.75, 3.05) is 5.32 Å². The molecule has 0 aliphatic carbocycles. The fraction of sp³-hybridized carbons (Fsp3) is 0.143. The van der Waals surface area contributed by atoms with E-state index in [9.17, 15) is 9.59 Å². The van der Waals surface area contributed by atoms with Gasteiger partial charge >= 0.3 is 5.97 Å². The number of aryl methyl sites for hydroxylation is 1. The SMILES string of the molecule is Cc1cc(NC(=O)Cc2ccsc2)ccc1C(=O)O. The molecule has 2 N–H and O–H groups in total. The van der Waals surface area contributed by atoms with Gasteiger partial charge in [-0.05, 0) is 53.1 Å². The molecule has 0 bridgehead atoms. The number of hydrogen-bond donors (Lipinski definition) is 2. The lowest BCUT2D eigenvalue weighted by molar-refractivity contribution is -0.115. The predicted molar refractivity (Wildman–Crippen MR) is 74.8 cm³/mol. The van der Waals surface area contributed by atoms with Gasteiger partial charge in [-0.1, -0.05) is 0 Å². The first-order chi connectivity index (χ1) is 9.06. The summed E-state index contributed by atoms with van der Waals surface area (Å²) in [6, 6.07) is 6.66. The van der Waals surface area contributed by atoms with Crippen molar-refractivity contribution in [1.82, 2.24) is 0 Å². The first-order valence-electron chi connectivity index (χ1n) is 5.71. The number of benzene rings is 1. The average Bonchev–Trinajstić information content (AvgIpc) is 2.81. The monoisotopic (exact) mass is 275 g/mol. The van der Waals surface area contributed by atoms with Crippen molar-refractivity contribution in [3.63, 3.8) is 0 Å². The minimum Gasteiger partial charge on any atom is -0.478 e. The maximum Gasteiger partial charge on any atom is 0.335 e. The number of rotatable bonds is 4. The summed E-state index contributed by atoms with van der Waals surface area (Å²) in [5.74, 6) is -1.07. The third-order valence-electron chi connectivity index (χ3n) is 2.69. The number of carboxylic acids is 1. The van der Waals surface area contributed by atoms with Crippen LogP contribution in [-0.2, 0) is 11.2 Å². The molecule has 0 atom stereocenters. The Hall–Kier alpha value is -2.14. The molecular weight excluding hydrogens is 262 g/mol. The van der Waals surface area contributed by atoms with Gasteiger partial charge in [-0.15, -0.1) is 0 Å². The summed E-state index contributed by atoms with van der Waals surface area (Å²) in [5, 5.41) is 15.5. The molecule has 0 unspecified atom stereocenters. The number of thiophene rings is 1. The zero-order valence-corrected chi connectivity index (χ0v) is 11.2. The number of amides is 1. The van der Waals surface area contributed by atoms with E-state index >= 15 is 0 Å². The van der Waals surface area contributed by atoms with Gasteiger partial charge in [0.1, 0.15) is 0 Å². The van der Waals surface area contributed by atoms with E-state index in [-0.39, 0.29) is 11.5 Å². The minimum atomic E-state index is -0.964. The lowest BCUT2D eigenvalue weighted by Gasteiger charge is -2.07. The van der Waals surface area contributed by atoms with E-state index in [0.29, 0.717) is 17.7 Å². The summed E-state index contributed by atoms with van der Waals surface area (Å²) in [4.78, 5) is 22.7. The second kappa shape index (κ2) is 5.67. The van der Waals surface area contributed by atoms with Crippen LogP contribution in [0.25, 0.3) is 0 Å². The third-order valence-corrected chi connectivity index (χ3v) is 3.42. The van der Waals surface area contributed by atoms with Crippen LogP contribution in [0.5, 0.6) is 0 Å². The van der Waals surface area contributed by atoms with E-state index < -0.39 is 5.97 Å². The second-order valence-electron chi connectivity index (χ2n) is 4.19. The molecule has 1 heterocycles. The molecule has 1 amide bonds. The molecule has 4 nitrogen and oxygen atoms in total. The van der Waals surface area contributed by atoms with Gasteiger partial charge in [-0.3, -0.25) is 4.79 Å². The van der Waals surface area contributed by atoms with Crippen LogP contribution < -0.4 is 5.32 Å². The Morgan fingerprint density at radius 3 is 2.68 bits per heavy atom. The van der Waals surface area contributed by atoms with Crippen LogP contribution in [-0.4, -0.2) is 17.0 Å². The van der Waals surface area contributed by atoms with Gasteiger partial charge in [0.05, 0.1) is 12.0 Å². The van der Waals surface area contributed by atoms with Crippen molar-refractivity contribution in [3.8, 4) is 0 Å². The van der Waals surface area contributed by atoms with Crippen LogP contribution in [0, 0.1) is 6.92 Å². The van der Waals surface area contributed by atoms with Crippen molar-refractivity contribution in [2.24, 2.45) is 0 Å². The van der Waals surface area contributed by atoms with Crippen molar-refractivity contribution < 1.29 is 14.7 Å². The largest absolute Gasteiger partial charge is 0.478 e. The standard InChI is InChI=1S/C14H13NO3S/c1-9-6-11(2-3-12(9)14(17)18)15-13(16)7-10-4-5-19-8-10/h2-6,8H,7H2,1H3,(H,15,16)(H,17,18). The van der Waals surface area contributed by atoms with Gasteiger partial charge < -0.3 is 10.4 Å². The summed E-state index contributed by atoms with van der Waals surface area (Å²) in [6.07, 6.45) is 0.323. The van der Waals surface area contributed by atoms with E-state index in [1.807, 2.05) is 16.8 Å². The first kappa shape index (κ1) is 13.3. The molecule has 98 valence electrons. The Labute approximate surface area is 114 Å². The first-order valence-corrected chi connectivity index (χ1v) is 6.65. The van der Waals surface area contributed by atoms with Crippen molar-refractivity contribution in [1.29, 1.82) is 0 Å². The number of carbonyl (C=O) groups is 2. The van der Waals surface area contributed by atoms with Crippen LogP contribution in [0.2, 0.25) is 0 Å². The molecule has 0 aliphatic rings. The molecule has 0 aliphatic heterocycles. The summed E-state index contributed by atoms with van der Waals surface area (Å²) in [5.41, 5.74) is 2.46. The number of nitrogens with one attached hydrogen (secondary N) is 1. The Balaban J connectivity index is 2.05. The molecule has 2 rings (SSSR count). The number of aromatic carboxylic acids is 1.